The number of hydrogen-bond donors (Lipinski definition) is 0. The van der Waals surface area contributed by atoms with Crippen molar-refractivity contribution in [2.45, 2.75) is 26.2 Å². The van der Waals surface area contributed by atoms with Gasteiger partial charge >= 0.3 is 0 Å². The van der Waals surface area contributed by atoms with Crippen LogP contribution in [-0.2, 0) is 5.41 Å². The van der Waals surface area contributed by atoms with Crippen LogP contribution in [0.5, 0.6) is 0 Å². The highest BCUT2D eigenvalue weighted by molar-refractivity contribution is 5.64. The van der Waals surface area contributed by atoms with Crippen molar-refractivity contribution >= 4 is 0 Å². The third kappa shape index (κ3) is 2.98. The Morgan fingerprint density at radius 2 is 1.37 bits per heavy atom. The maximum atomic E-state index is 14.1. The van der Waals surface area contributed by atoms with Crippen molar-refractivity contribution in [3.63, 3.8) is 0 Å². The Hall–Kier alpha value is -1.77. The number of hydrogen-bond acceptors (Lipinski definition) is 0. The number of benzene rings is 2. The summed E-state index contributed by atoms with van der Waals surface area (Å²) in [4.78, 5) is 0. The van der Waals surface area contributed by atoms with Gasteiger partial charge in [0.25, 0.3) is 0 Å². The maximum absolute atomic E-state index is 14.1. The molecule has 0 atom stereocenters. The monoisotopic (exact) mass is 264 g/mol. The summed E-state index contributed by atoms with van der Waals surface area (Å²) in [6.45, 7) is 5.93. The SMILES string of the molecule is CC(C)(C)c1ccc(-c2cc(F)cc(F)c2)c(F)c1. The Balaban J connectivity index is 2.52. The van der Waals surface area contributed by atoms with Crippen LogP contribution in [0.1, 0.15) is 26.3 Å². The van der Waals surface area contributed by atoms with Crippen LogP contribution < -0.4 is 0 Å². The first-order chi connectivity index (χ1) is 8.77. The van der Waals surface area contributed by atoms with Crippen LogP contribution in [0.15, 0.2) is 36.4 Å². The van der Waals surface area contributed by atoms with Gasteiger partial charge in [-0.1, -0.05) is 32.9 Å². The molecule has 19 heavy (non-hydrogen) atoms. The molecule has 0 N–H and O–H groups in total. The smallest absolute Gasteiger partial charge is 0.131 e. The van der Waals surface area contributed by atoms with E-state index in [9.17, 15) is 13.2 Å². The molecule has 0 aliphatic carbocycles. The lowest BCUT2D eigenvalue weighted by Gasteiger charge is -2.19. The first-order valence-corrected chi connectivity index (χ1v) is 6.04. The summed E-state index contributed by atoms with van der Waals surface area (Å²) in [6, 6.07) is 7.77. The molecule has 3 heteroatoms. The van der Waals surface area contributed by atoms with Crippen molar-refractivity contribution in [3.05, 3.63) is 59.4 Å². The van der Waals surface area contributed by atoms with Gasteiger partial charge in [0.1, 0.15) is 17.5 Å². The van der Waals surface area contributed by atoms with Gasteiger partial charge in [0.2, 0.25) is 0 Å². The fourth-order valence-corrected chi connectivity index (χ4v) is 1.93. The van der Waals surface area contributed by atoms with Crippen molar-refractivity contribution < 1.29 is 13.2 Å². The zero-order valence-electron chi connectivity index (χ0n) is 11.1. The molecule has 0 aliphatic rings. The second-order valence-electron chi connectivity index (χ2n) is 5.60. The summed E-state index contributed by atoms with van der Waals surface area (Å²) < 4.78 is 40.4. The molecule has 0 amide bonds. The Morgan fingerprint density at radius 3 is 1.84 bits per heavy atom. The fraction of sp³-hybridized carbons (Fsp3) is 0.250. The molecule has 0 aromatic heterocycles. The van der Waals surface area contributed by atoms with Crippen molar-refractivity contribution in [1.29, 1.82) is 0 Å². The summed E-state index contributed by atoms with van der Waals surface area (Å²) in [6.07, 6.45) is 0. The molecule has 0 spiro atoms. The highest BCUT2D eigenvalue weighted by Crippen LogP contribution is 2.29. The second-order valence-corrected chi connectivity index (χ2v) is 5.60. The van der Waals surface area contributed by atoms with Crippen LogP contribution in [0.2, 0.25) is 0 Å². The minimum absolute atomic E-state index is 0.174. The Bertz CT molecular complexity index is 590. The lowest BCUT2D eigenvalue weighted by Crippen LogP contribution is -2.11. The minimum Gasteiger partial charge on any atom is -0.207 e. The zero-order chi connectivity index (χ0) is 14.2. The molecule has 0 heterocycles. The molecule has 0 aliphatic heterocycles. The van der Waals surface area contributed by atoms with Crippen LogP contribution in [0.25, 0.3) is 11.1 Å². The average molecular weight is 264 g/mol. The van der Waals surface area contributed by atoms with E-state index in [0.29, 0.717) is 0 Å². The summed E-state index contributed by atoms with van der Waals surface area (Å²) in [7, 11) is 0. The van der Waals surface area contributed by atoms with Gasteiger partial charge in [-0.05, 0) is 34.7 Å². The van der Waals surface area contributed by atoms with Gasteiger partial charge < -0.3 is 0 Å². The first kappa shape index (κ1) is 13.7. The van der Waals surface area contributed by atoms with E-state index in [1.165, 1.54) is 6.07 Å². The minimum atomic E-state index is -0.714. The molecule has 0 bridgehead atoms. The lowest BCUT2D eigenvalue weighted by atomic mass is 9.86. The van der Waals surface area contributed by atoms with E-state index in [0.717, 1.165) is 23.8 Å². The standard InChI is InChI=1S/C16H15F3/c1-16(2,3)11-4-5-14(15(19)8-11)10-6-12(17)9-13(18)7-10/h4-9H,1-3H3. The summed E-state index contributed by atoms with van der Waals surface area (Å²) in [5.74, 6) is -1.90. The normalized spacial score (nSPS) is 11.7. The molecular formula is C16H15F3. The van der Waals surface area contributed by atoms with Crippen molar-refractivity contribution in [2.75, 3.05) is 0 Å². The van der Waals surface area contributed by atoms with Crippen LogP contribution in [0.3, 0.4) is 0 Å². The van der Waals surface area contributed by atoms with E-state index in [-0.39, 0.29) is 16.5 Å². The molecule has 0 unspecified atom stereocenters. The Labute approximate surface area is 110 Å². The highest BCUT2D eigenvalue weighted by atomic mass is 19.1. The van der Waals surface area contributed by atoms with Crippen LogP contribution in [-0.4, -0.2) is 0 Å². The van der Waals surface area contributed by atoms with Crippen molar-refractivity contribution in [1.82, 2.24) is 0 Å². The Kier molecular flexibility index (Phi) is 3.40. The summed E-state index contributed by atoms with van der Waals surface area (Å²) in [5.41, 5.74) is 1.07. The molecule has 0 nitrogen and oxygen atoms in total. The van der Waals surface area contributed by atoms with Crippen LogP contribution in [0.4, 0.5) is 13.2 Å². The van der Waals surface area contributed by atoms with E-state index >= 15 is 0 Å². The summed E-state index contributed by atoms with van der Waals surface area (Å²) in [5, 5.41) is 0. The molecule has 0 saturated heterocycles. The van der Waals surface area contributed by atoms with Gasteiger partial charge in [-0.15, -0.1) is 0 Å². The number of rotatable bonds is 1. The molecule has 2 aromatic carbocycles. The second kappa shape index (κ2) is 4.72. The lowest BCUT2D eigenvalue weighted by molar-refractivity contribution is 0.572. The fourth-order valence-electron chi connectivity index (χ4n) is 1.93. The van der Waals surface area contributed by atoms with Gasteiger partial charge in [0.15, 0.2) is 0 Å². The average Bonchev–Trinajstić information content (AvgIpc) is 2.26. The molecule has 0 fully saturated rings. The van der Waals surface area contributed by atoms with E-state index in [1.807, 2.05) is 20.8 Å². The Morgan fingerprint density at radius 1 is 0.789 bits per heavy atom. The van der Waals surface area contributed by atoms with Gasteiger partial charge in [-0.3, -0.25) is 0 Å². The highest BCUT2D eigenvalue weighted by Gasteiger charge is 2.16. The van der Waals surface area contributed by atoms with Gasteiger partial charge in [0, 0.05) is 11.6 Å². The largest absolute Gasteiger partial charge is 0.207 e. The third-order valence-corrected chi connectivity index (χ3v) is 3.01. The predicted octanol–water partition coefficient (Wildman–Crippen LogP) is 5.07. The van der Waals surface area contributed by atoms with Crippen LogP contribution >= 0.6 is 0 Å². The van der Waals surface area contributed by atoms with Gasteiger partial charge in [-0.25, -0.2) is 13.2 Å². The zero-order valence-corrected chi connectivity index (χ0v) is 11.1. The molecule has 0 radical (unpaired) electrons. The maximum Gasteiger partial charge on any atom is 0.131 e. The predicted molar refractivity (Wildman–Crippen MR) is 70.5 cm³/mol. The van der Waals surface area contributed by atoms with E-state index in [2.05, 4.69) is 0 Å². The van der Waals surface area contributed by atoms with Crippen molar-refractivity contribution in [2.24, 2.45) is 0 Å². The molecular weight excluding hydrogens is 249 g/mol. The van der Waals surface area contributed by atoms with Gasteiger partial charge in [0.05, 0.1) is 0 Å². The molecule has 0 saturated carbocycles. The molecule has 2 aromatic rings. The quantitative estimate of drug-likeness (QED) is 0.674. The summed E-state index contributed by atoms with van der Waals surface area (Å²) >= 11 is 0. The topological polar surface area (TPSA) is 0 Å². The van der Waals surface area contributed by atoms with Gasteiger partial charge in [-0.2, -0.15) is 0 Å². The van der Waals surface area contributed by atoms with E-state index in [1.54, 1.807) is 12.1 Å². The molecule has 100 valence electrons. The number of halogens is 3. The van der Waals surface area contributed by atoms with E-state index in [4.69, 9.17) is 0 Å². The van der Waals surface area contributed by atoms with Crippen LogP contribution in [0, 0.1) is 17.5 Å². The first-order valence-electron chi connectivity index (χ1n) is 6.04. The van der Waals surface area contributed by atoms with E-state index < -0.39 is 17.5 Å². The third-order valence-electron chi connectivity index (χ3n) is 3.01. The van der Waals surface area contributed by atoms with Crippen molar-refractivity contribution in [3.8, 4) is 11.1 Å². The molecule has 2 rings (SSSR count).